The summed E-state index contributed by atoms with van der Waals surface area (Å²) in [6, 6.07) is 1.82. The first-order valence-electron chi connectivity index (χ1n) is 7.72. The van der Waals surface area contributed by atoms with E-state index in [1.54, 1.807) is 11.8 Å². The summed E-state index contributed by atoms with van der Waals surface area (Å²) in [6.45, 7) is 6.74. The van der Waals surface area contributed by atoms with Crippen LogP contribution in [0.3, 0.4) is 0 Å². The van der Waals surface area contributed by atoms with E-state index in [0.717, 1.165) is 18.5 Å². The monoisotopic (exact) mass is 316 g/mol. The Morgan fingerprint density at radius 2 is 2.17 bits per heavy atom. The van der Waals surface area contributed by atoms with Crippen molar-refractivity contribution in [3.05, 3.63) is 35.1 Å². The van der Waals surface area contributed by atoms with Crippen LogP contribution in [0.15, 0.2) is 16.8 Å². The van der Waals surface area contributed by atoms with E-state index in [4.69, 9.17) is 9.26 Å². The van der Waals surface area contributed by atoms with Gasteiger partial charge in [-0.25, -0.2) is 4.98 Å². The van der Waals surface area contributed by atoms with Crippen molar-refractivity contribution in [2.24, 2.45) is 0 Å². The number of carbonyl (C=O) groups is 1. The molecule has 0 spiro atoms. The van der Waals surface area contributed by atoms with E-state index in [1.165, 1.54) is 6.20 Å². The molecule has 0 aromatic carbocycles. The largest absolute Gasteiger partial charge is 0.472 e. The Morgan fingerprint density at radius 1 is 1.35 bits per heavy atom. The van der Waals surface area contributed by atoms with Gasteiger partial charge >= 0.3 is 0 Å². The number of likely N-dealkylation sites (tertiary alicyclic amines) is 1. The molecule has 1 aliphatic rings. The van der Waals surface area contributed by atoms with Crippen LogP contribution in [0.2, 0.25) is 0 Å². The summed E-state index contributed by atoms with van der Waals surface area (Å²) in [5.74, 6) is 1.73. The molecular weight excluding hydrogens is 296 g/mol. The highest BCUT2D eigenvalue weighted by atomic mass is 16.5. The SMILES string of the molecule is Cc1cc(OC2CCCN(C(=O)c3cnoc3C)C2)nc(C)n1. The number of hydrogen-bond donors (Lipinski definition) is 0. The van der Waals surface area contributed by atoms with Gasteiger partial charge in [0.15, 0.2) is 0 Å². The lowest BCUT2D eigenvalue weighted by Gasteiger charge is -2.32. The molecule has 1 amide bonds. The number of amides is 1. The minimum atomic E-state index is -0.0680. The molecule has 122 valence electrons. The zero-order valence-corrected chi connectivity index (χ0v) is 13.6. The highest BCUT2D eigenvalue weighted by Crippen LogP contribution is 2.20. The molecule has 0 saturated carbocycles. The van der Waals surface area contributed by atoms with Gasteiger partial charge in [-0.2, -0.15) is 4.98 Å². The number of ether oxygens (including phenoxy) is 1. The standard InChI is InChI=1S/C16H20N4O3/c1-10-7-15(19-12(3)18-10)22-13-5-4-6-20(9-13)16(21)14-8-17-23-11(14)2/h7-8,13H,4-6,9H2,1-3H3. The van der Waals surface area contributed by atoms with Crippen LogP contribution in [0.5, 0.6) is 5.88 Å². The third-order valence-electron chi connectivity index (χ3n) is 3.88. The van der Waals surface area contributed by atoms with E-state index < -0.39 is 0 Å². The molecule has 7 heteroatoms. The molecule has 1 unspecified atom stereocenters. The summed E-state index contributed by atoms with van der Waals surface area (Å²) in [5, 5.41) is 3.67. The van der Waals surface area contributed by atoms with Gasteiger partial charge in [0, 0.05) is 18.3 Å². The van der Waals surface area contributed by atoms with Gasteiger partial charge in [-0.15, -0.1) is 0 Å². The van der Waals surface area contributed by atoms with E-state index in [9.17, 15) is 4.79 Å². The summed E-state index contributed by atoms with van der Waals surface area (Å²) in [4.78, 5) is 22.9. The Labute approximate surface area is 134 Å². The number of rotatable bonds is 3. The summed E-state index contributed by atoms with van der Waals surface area (Å²) >= 11 is 0. The molecule has 1 fully saturated rings. The van der Waals surface area contributed by atoms with Crippen molar-refractivity contribution in [2.45, 2.75) is 39.7 Å². The average Bonchev–Trinajstić information content (AvgIpc) is 2.92. The van der Waals surface area contributed by atoms with Gasteiger partial charge in [0.25, 0.3) is 5.91 Å². The maximum atomic E-state index is 12.5. The van der Waals surface area contributed by atoms with Gasteiger partial charge in [0.2, 0.25) is 5.88 Å². The van der Waals surface area contributed by atoms with Crippen molar-refractivity contribution in [2.75, 3.05) is 13.1 Å². The van der Waals surface area contributed by atoms with Crippen LogP contribution in [0.1, 0.15) is 40.5 Å². The lowest BCUT2D eigenvalue weighted by Crippen LogP contribution is -2.44. The van der Waals surface area contributed by atoms with E-state index in [1.807, 2.05) is 19.9 Å². The topological polar surface area (TPSA) is 81.4 Å². The van der Waals surface area contributed by atoms with Gasteiger partial charge in [-0.1, -0.05) is 5.16 Å². The normalized spacial score (nSPS) is 18.0. The van der Waals surface area contributed by atoms with Crippen LogP contribution in [0, 0.1) is 20.8 Å². The number of aryl methyl sites for hydroxylation is 3. The van der Waals surface area contributed by atoms with E-state index in [2.05, 4.69) is 15.1 Å². The van der Waals surface area contributed by atoms with E-state index >= 15 is 0 Å². The van der Waals surface area contributed by atoms with Crippen molar-refractivity contribution < 1.29 is 14.1 Å². The number of nitrogens with zero attached hydrogens (tertiary/aromatic N) is 4. The number of aromatic nitrogens is 3. The first-order valence-corrected chi connectivity index (χ1v) is 7.72. The maximum Gasteiger partial charge on any atom is 0.259 e. The highest BCUT2D eigenvalue weighted by Gasteiger charge is 2.28. The zero-order valence-electron chi connectivity index (χ0n) is 13.6. The van der Waals surface area contributed by atoms with Crippen LogP contribution in [-0.4, -0.2) is 45.1 Å². The second kappa shape index (κ2) is 6.36. The fourth-order valence-corrected chi connectivity index (χ4v) is 2.81. The molecule has 3 rings (SSSR count). The summed E-state index contributed by atoms with van der Waals surface area (Å²) in [6.07, 6.45) is 3.19. The smallest absolute Gasteiger partial charge is 0.259 e. The van der Waals surface area contributed by atoms with E-state index in [-0.39, 0.29) is 12.0 Å². The van der Waals surface area contributed by atoms with Crippen LogP contribution in [-0.2, 0) is 0 Å². The summed E-state index contributed by atoms with van der Waals surface area (Å²) in [7, 11) is 0. The predicted octanol–water partition coefficient (Wildman–Crippen LogP) is 2.07. The fraction of sp³-hybridized carbons (Fsp3) is 0.500. The molecule has 0 N–H and O–H groups in total. The van der Waals surface area contributed by atoms with Crippen LogP contribution in [0.4, 0.5) is 0 Å². The highest BCUT2D eigenvalue weighted by molar-refractivity contribution is 5.94. The van der Waals surface area contributed by atoms with Gasteiger partial charge < -0.3 is 14.2 Å². The van der Waals surface area contributed by atoms with Crippen molar-refractivity contribution in [1.82, 2.24) is 20.0 Å². The third-order valence-corrected chi connectivity index (χ3v) is 3.88. The third kappa shape index (κ3) is 3.49. The predicted molar refractivity (Wildman–Crippen MR) is 82.3 cm³/mol. The van der Waals surface area contributed by atoms with Gasteiger partial charge in [0.1, 0.15) is 23.3 Å². The molecule has 2 aromatic heterocycles. The molecule has 0 radical (unpaired) electrons. The number of piperidine rings is 1. The van der Waals surface area contributed by atoms with Crippen LogP contribution < -0.4 is 4.74 Å². The molecule has 0 aliphatic carbocycles. The van der Waals surface area contributed by atoms with Crippen molar-refractivity contribution in [3.8, 4) is 5.88 Å². The summed E-state index contributed by atoms with van der Waals surface area (Å²) in [5.41, 5.74) is 1.38. The molecule has 2 aromatic rings. The molecular formula is C16H20N4O3. The minimum Gasteiger partial charge on any atom is -0.472 e. The fourth-order valence-electron chi connectivity index (χ4n) is 2.81. The Bertz CT molecular complexity index is 693. The molecule has 1 atom stereocenters. The number of carbonyl (C=O) groups excluding carboxylic acids is 1. The first-order chi connectivity index (χ1) is 11.0. The molecule has 1 saturated heterocycles. The Morgan fingerprint density at radius 3 is 2.87 bits per heavy atom. The molecule has 1 aliphatic heterocycles. The maximum absolute atomic E-state index is 12.5. The van der Waals surface area contributed by atoms with Crippen molar-refractivity contribution in [3.63, 3.8) is 0 Å². The second-order valence-corrected chi connectivity index (χ2v) is 5.82. The van der Waals surface area contributed by atoms with Crippen LogP contribution >= 0.6 is 0 Å². The second-order valence-electron chi connectivity index (χ2n) is 5.82. The Balaban J connectivity index is 1.68. The average molecular weight is 316 g/mol. The van der Waals surface area contributed by atoms with Crippen molar-refractivity contribution in [1.29, 1.82) is 0 Å². The molecule has 7 nitrogen and oxygen atoms in total. The van der Waals surface area contributed by atoms with Crippen LogP contribution in [0.25, 0.3) is 0 Å². The lowest BCUT2D eigenvalue weighted by molar-refractivity contribution is 0.0525. The molecule has 0 bridgehead atoms. The van der Waals surface area contributed by atoms with Gasteiger partial charge in [0.05, 0.1) is 12.7 Å². The quantitative estimate of drug-likeness (QED) is 0.862. The van der Waals surface area contributed by atoms with Gasteiger partial charge in [-0.3, -0.25) is 4.79 Å². The lowest BCUT2D eigenvalue weighted by atomic mass is 10.1. The minimum absolute atomic E-state index is 0.0629. The van der Waals surface area contributed by atoms with Crippen molar-refractivity contribution >= 4 is 5.91 Å². The van der Waals surface area contributed by atoms with Gasteiger partial charge in [-0.05, 0) is 33.6 Å². The molecule has 3 heterocycles. The Kier molecular flexibility index (Phi) is 4.27. The zero-order chi connectivity index (χ0) is 16.4. The first kappa shape index (κ1) is 15.5. The van der Waals surface area contributed by atoms with E-state index in [0.29, 0.717) is 36.1 Å². The summed E-state index contributed by atoms with van der Waals surface area (Å²) < 4.78 is 10.9. The molecule has 23 heavy (non-hydrogen) atoms. The number of hydrogen-bond acceptors (Lipinski definition) is 6. The Hall–Kier alpha value is -2.44.